The first-order valence-corrected chi connectivity index (χ1v) is 12.3. The van der Waals surface area contributed by atoms with Crippen LogP contribution in [0.1, 0.15) is 50.8 Å². The fraction of sp³-hybridized carbons (Fsp3) is 0.321. The average molecular weight is 506 g/mol. The second-order valence-corrected chi connectivity index (χ2v) is 10.4. The van der Waals surface area contributed by atoms with Gasteiger partial charge in [0.05, 0.1) is 17.7 Å². The largest absolute Gasteiger partial charge is 0.367 e. The van der Waals surface area contributed by atoms with Crippen molar-refractivity contribution in [3.8, 4) is 11.1 Å². The quantitative estimate of drug-likeness (QED) is 0.359. The van der Waals surface area contributed by atoms with E-state index in [4.69, 9.17) is 4.84 Å². The lowest BCUT2D eigenvalue weighted by molar-refractivity contribution is -0.205. The van der Waals surface area contributed by atoms with Crippen molar-refractivity contribution in [2.24, 2.45) is 5.41 Å². The van der Waals surface area contributed by atoms with Gasteiger partial charge in [-0.15, -0.1) is 5.06 Å². The molecule has 0 unspecified atom stereocenters. The molecule has 0 spiro atoms. The predicted octanol–water partition coefficient (Wildman–Crippen LogP) is 6.02. The fourth-order valence-electron chi connectivity index (χ4n) is 4.28. The summed E-state index contributed by atoms with van der Waals surface area (Å²) in [5, 5.41) is 7.20. The summed E-state index contributed by atoms with van der Waals surface area (Å²) in [4.78, 5) is 25.3. The number of H-pyrrole nitrogens is 1. The van der Waals surface area contributed by atoms with Gasteiger partial charge in [0.1, 0.15) is 17.3 Å². The first-order valence-electron chi connectivity index (χ1n) is 12.3. The molecule has 1 fully saturated rings. The van der Waals surface area contributed by atoms with E-state index in [0.717, 1.165) is 53.1 Å². The molecule has 4 heterocycles. The smallest absolute Gasteiger partial charge is 0.330 e. The Labute approximate surface area is 213 Å². The Kier molecular flexibility index (Phi) is 6.64. The summed E-state index contributed by atoms with van der Waals surface area (Å²) < 4.78 is 29.5. The van der Waals surface area contributed by atoms with E-state index in [1.165, 1.54) is 0 Å². The summed E-state index contributed by atoms with van der Waals surface area (Å²) >= 11 is 0. The van der Waals surface area contributed by atoms with Gasteiger partial charge in [0.2, 0.25) is 0 Å². The van der Waals surface area contributed by atoms with Crippen LogP contribution in [-0.4, -0.2) is 43.9 Å². The van der Waals surface area contributed by atoms with Crippen LogP contribution in [-0.2, 0) is 9.63 Å². The highest BCUT2D eigenvalue weighted by Gasteiger charge is 2.29. The molecule has 1 aliphatic rings. The average Bonchev–Trinajstić information content (AvgIpc) is 3.52. The number of aromatic nitrogens is 4. The monoisotopic (exact) mass is 505 g/mol. The summed E-state index contributed by atoms with van der Waals surface area (Å²) in [6.07, 6.45) is 12.3. The lowest BCUT2D eigenvalue weighted by atomic mass is 9.98. The highest BCUT2D eigenvalue weighted by molar-refractivity contribution is 5.92. The van der Waals surface area contributed by atoms with Gasteiger partial charge in [-0.3, -0.25) is 4.68 Å². The van der Waals surface area contributed by atoms with Gasteiger partial charge in [-0.2, -0.15) is 5.10 Å². The van der Waals surface area contributed by atoms with Gasteiger partial charge in [-0.1, -0.05) is 12.2 Å². The van der Waals surface area contributed by atoms with E-state index in [0.29, 0.717) is 18.7 Å². The number of pyridine rings is 1. The van der Waals surface area contributed by atoms with Crippen LogP contribution in [0.15, 0.2) is 49.1 Å². The molecule has 192 valence electrons. The summed E-state index contributed by atoms with van der Waals surface area (Å²) in [5.41, 5.74) is 3.00. The zero-order valence-corrected chi connectivity index (χ0v) is 21.0. The molecule has 0 radical (unpaired) electrons. The van der Waals surface area contributed by atoms with Crippen LogP contribution in [0.5, 0.6) is 0 Å². The SMILES string of the molecule is CC(C)(C)C(=O)ON1CCC(n2cc(-c3cnc4[nH]cc(/C=C/c5cc(F)ccc5F)c4c3)cn2)CC1. The van der Waals surface area contributed by atoms with Crippen LogP contribution in [0.25, 0.3) is 34.3 Å². The zero-order valence-electron chi connectivity index (χ0n) is 21.0. The zero-order chi connectivity index (χ0) is 26.2. The number of fused-ring (bicyclic) bond motifs is 1. The first kappa shape index (κ1) is 24.8. The molecule has 0 bridgehead atoms. The van der Waals surface area contributed by atoms with Crippen LogP contribution in [0, 0.1) is 17.0 Å². The van der Waals surface area contributed by atoms with Crippen molar-refractivity contribution in [3.63, 3.8) is 0 Å². The van der Waals surface area contributed by atoms with Crippen LogP contribution in [0.3, 0.4) is 0 Å². The minimum Gasteiger partial charge on any atom is -0.367 e. The molecule has 5 rings (SSSR count). The van der Waals surface area contributed by atoms with Crippen molar-refractivity contribution in [2.45, 2.75) is 39.7 Å². The summed E-state index contributed by atoms with van der Waals surface area (Å²) in [5.74, 6) is -1.20. The van der Waals surface area contributed by atoms with Gasteiger partial charge in [0.25, 0.3) is 0 Å². The van der Waals surface area contributed by atoms with E-state index in [9.17, 15) is 13.6 Å². The van der Waals surface area contributed by atoms with Crippen LogP contribution in [0.2, 0.25) is 0 Å². The standard InChI is InChI=1S/C28H29F2N5O2/c1-28(2,3)27(36)37-34-10-8-23(9-11-34)35-17-21(16-33-35)20-13-24-19(14-31-26(24)32-15-20)5-4-18-12-22(29)6-7-25(18)30/h4-7,12-17,23H,8-11H2,1-3H3,(H,31,32)/b5-4+. The van der Waals surface area contributed by atoms with Crippen molar-refractivity contribution in [3.05, 3.63) is 71.8 Å². The lowest BCUT2D eigenvalue weighted by Gasteiger charge is -2.32. The molecule has 1 saturated heterocycles. The Balaban J connectivity index is 1.30. The van der Waals surface area contributed by atoms with E-state index in [1.807, 2.05) is 43.9 Å². The number of carbonyl (C=O) groups is 1. The summed E-state index contributed by atoms with van der Waals surface area (Å²) in [6.45, 7) is 6.84. The topological polar surface area (TPSA) is 76.0 Å². The van der Waals surface area contributed by atoms with Gasteiger partial charge < -0.3 is 9.82 Å². The Morgan fingerprint density at radius 2 is 1.84 bits per heavy atom. The fourth-order valence-corrected chi connectivity index (χ4v) is 4.28. The number of aromatic amines is 1. The van der Waals surface area contributed by atoms with Crippen LogP contribution < -0.4 is 0 Å². The first-order chi connectivity index (χ1) is 17.7. The molecule has 0 amide bonds. The summed E-state index contributed by atoms with van der Waals surface area (Å²) in [6, 6.07) is 5.60. The van der Waals surface area contributed by atoms with E-state index in [2.05, 4.69) is 15.1 Å². The van der Waals surface area contributed by atoms with Crippen molar-refractivity contribution < 1.29 is 18.4 Å². The van der Waals surface area contributed by atoms with Crippen molar-refractivity contribution in [2.75, 3.05) is 13.1 Å². The molecule has 1 aliphatic heterocycles. The van der Waals surface area contributed by atoms with Gasteiger partial charge >= 0.3 is 5.97 Å². The highest BCUT2D eigenvalue weighted by atomic mass is 19.1. The number of hydroxylamine groups is 2. The van der Waals surface area contributed by atoms with E-state index in [-0.39, 0.29) is 17.6 Å². The Morgan fingerprint density at radius 1 is 1.08 bits per heavy atom. The van der Waals surface area contributed by atoms with E-state index < -0.39 is 17.0 Å². The molecule has 4 aromatic rings. The number of nitrogens with one attached hydrogen (secondary N) is 1. The number of rotatable bonds is 5. The van der Waals surface area contributed by atoms with Gasteiger partial charge in [0, 0.05) is 59.3 Å². The molecular weight excluding hydrogens is 476 g/mol. The number of hydrogen-bond donors (Lipinski definition) is 1. The second-order valence-electron chi connectivity index (χ2n) is 10.4. The molecular formula is C28H29F2N5O2. The van der Waals surface area contributed by atoms with Crippen LogP contribution >= 0.6 is 0 Å². The highest BCUT2D eigenvalue weighted by Crippen LogP contribution is 2.29. The minimum absolute atomic E-state index is 0.180. The second kappa shape index (κ2) is 9.89. The van der Waals surface area contributed by atoms with Gasteiger partial charge in [0.15, 0.2) is 0 Å². The molecule has 37 heavy (non-hydrogen) atoms. The lowest BCUT2D eigenvalue weighted by Crippen LogP contribution is -2.39. The maximum Gasteiger partial charge on any atom is 0.330 e. The maximum absolute atomic E-state index is 14.0. The Bertz CT molecular complexity index is 1460. The number of hydrogen-bond acceptors (Lipinski definition) is 5. The summed E-state index contributed by atoms with van der Waals surface area (Å²) in [7, 11) is 0. The van der Waals surface area contributed by atoms with Crippen LogP contribution in [0.4, 0.5) is 8.78 Å². The molecule has 9 heteroatoms. The van der Waals surface area contributed by atoms with Crippen molar-refractivity contribution in [1.82, 2.24) is 24.8 Å². The number of halogens is 2. The number of nitrogens with zero attached hydrogens (tertiary/aromatic N) is 4. The predicted molar refractivity (Wildman–Crippen MR) is 138 cm³/mol. The van der Waals surface area contributed by atoms with E-state index in [1.54, 1.807) is 29.6 Å². The molecule has 1 aromatic carbocycles. The number of carbonyl (C=O) groups excluding carboxylic acids is 1. The Morgan fingerprint density at radius 3 is 2.59 bits per heavy atom. The van der Waals surface area contributed by atoms with E-state index >= 15 is 0 Å². The molecule has 7 nitrogen and oxygen atoms in total. The number of benzene rings is 1. The normalized spacial score (nSPS) is 15.6. The maximum atomic E-state index is 14.0. The van der Waals surface area contributed by atoms with Gasteiger partial charge in [-0.05, 0) is 57.9 Å². The Hall–Kier alpha value is -3.85. The molecule has 3 aromatic heterocycles. The molecule has 0 aliphatic carbocycles. The van der Waals surface area contributed by atoms with Crippen molar-refractivity contribution in [1.29, 1.82) is 0 Å². The third kappa shape index (κ3) is 5.46. The van der Waals surface area contributed by atoms with Crippen molar-refractivity contribution >= 4 is 29.2 Å². The minimum atomic E-state index is -0.534. The molecule has 1 N–H and O–H groups in total. The molecule has 0 atom stereocenters. The third-order valence-electron chi connectivity index (χ3n) is 6.52. The van der Waals surface area contributed by atoms with Gasteiger partial charge in [-0.25, -0.2) is 18.6 Å². The number of piperidine rings is 1. The third-order valence-corrected chi connectivity index (χ3v) is 6.52. The molecule has 0 saturated carbocycles.